The van der Waals surface area contributed by atoms with Crippen molar-refractivity contribution in [1.82, 2.24) is 14.5 Å². The van der Waals surface area contributed by atoms with Crippen molar-refractivity contribution < 1.29 is 13.2 Å². The Morgan fingerprint density at radius 2 is 1.78 bits per heavy atom. The van der Waals surface area contributed by atoms with E-state index in [1.807, 2.05) is 11.8 Å². The summed E-state index contributed by atoms with van der Waals surface area (Å²) < 4.78 is 26.6. The Hall–Kier alpha value is -1.48. The largest absolute Gasteiger partial charge is 0.354 e. The molecule has 23 heavy (non-hydrogen) atoms. The molecule has 0 aromatic heterocycles. The quantitative estimate of drug-likeness (QED) is 0.719. The molecule has 128 valence electrons. The summed E-state index contributed by atoms with van der Waals surface area (Å²) >= 11 is 0. The van der Waals surface area contributed by atoms with Crippen molar-refractivity contribution in [2.24, 2.45) is 5.73 Å². The number of aryl methyl sites for hydroxylation is 1. The van der Waals surface area contributed by atoms with Crippen LogP contribution in [0.25, 0.3) is 0 Å². The van der Waals surface area contributed by atoms with Crippen LogP contribution in [0.2, 0.25) is 0 Å². The molecule has 8 heteroatoms. The molecule has 0 saturated carbocycles. The van der Waals surface area contributed by atoms with Crippen molar-refractivity contribution in [2.45, 2.75) is 11.8 Å². The van der Waals surface area contributed by atoms with Crippen LogP contribution in [0, 0.1) is 6.92 Å². The van der Waals surface area contributed by atoms with Gasteiger partial charge in [0, 0.05) is 39.3 Å². The molecule has 0 spiro atoms. The van der Waals surface area contributed by atoms with E-state index in [-0.39, 0.29) is 12.5 Å². The van der Waals surface area contributed by atoms with E-state index in [1.54, 1.807) is 24.3 Å². The summed E-state index contributed by atoms with van der Waals surface area (Å²) in [6.45, 7) is 4.93. The predicted octanol–water partition coefficient (Wildman–Crippen LogP) is -0.624. The average Bonchev–Trinajstić information content (AvgIpc) is 2.54. The summed E-state index contributed by atoms with van der Waals surface area (Å²) in [6, 6.07) is 6.87. The van der Waals surface area contributed by atoms with Gasteiger partial charge in [-0.3, -0.25) is 9.69 Å². The van der Waals surface area contributed by atoms with Gasteiger partial charge in [0.05, 0.1) is 11.4 Å². The number of nitrogens with one attached hydrogen (secondary N) is 1. The fraction of sp³-hybridized carbons (Fsp3) is 0.533. The molecular formula is C15H24N4O3S. The molecule has 1 aliphatic rings. The van der Waals surface area contributed by atoms with Crippen LogP contribution in [0.15, 0.2) is 29.2 Å². The fourth-order valence-electron chi connectivity index (χ4n) is 2.46. The first kappa shape index (κ1) is 17.9. The average molecular weight is 340 g/mol. The molecule has 0 bridgehead atoms. The van der Waals surface area contributed by atoms with Gasteiger partial charge in [0.2, 0.25) is 15.9 Å². The number of sulfonamides is 1. The Bertz CT molecular complexity index is 623. The zero-order valence-electron chi connectivity index (χ0n) is 13.4. The predicted molar refractivity (Wildman–Crippen MR) is 88.4 cm³/mol. The van der Waals surface area contributed by atoms with Gasteiger partial charge in [0.1, 0.15) is 0 Å². The van der Waals surface area contributed by atoms with E-state index in [1.165, 1.54) is 4.31 Å². The molecule has 1 amide bonds. The van der Waals surface area contributed by atoms with E-state index in [2.05, 4.69) is 5.32 Å². The molecule has 1 fully saturated rings. The molecular weight excluding hydrogens is 316 g/mol. The highest BCUT2D eigenvalue weighted by atomic mass is 32.2. The van der Waals surface area contributed by atoms with Gasteiger partial charge in [-0.15, -0.1) is 0 Å². The topological polar surface area (TPSA) is 95.7 Å². The van der Waals surface area contributed by atoms with E-state index in [9.17, 15) is 13.2 Å². The maximum atomic E-state index is 12.6. The first-order valence-electron chi connectivity index (χ1n) is 7.69. The summed E-state index contributed by atoms with van der Waals surface area (Å²) in [6.07, 6.45) is 0. The number of hydrogen-bond donors (Lipinski definition) is 2. The van der Waals surface area contributed by atoms with Crippen LogP contribution < -0.4 is 11.1 Å². The number of amides is 1. The van der Waals surface area contributed by atoms with Gasteiger partial charge in [-0.05, 0) is 19.1 Å². The first-order valence-corrected chi connectivity index (χ1v) is 9.13. The number of piperazine rings is 1. The van der Waals surface area contributed by atoms with Crippen molar-refractivity contribution in [3.63, 3.8) is 0 Å². The molecule has 1 heterocycles. The monoisotopic (exact) mass is 340 g/mol. The smallest absolute Gasteiger partial charge is 0.243 e. The SMILES string of the molecule is Cc1ccc(S(=O)(=O)N2CCN(CC(=O)NCCN)CC2)cc1. The minimum atomic E-state index is -3.46. The van der Waals surface area contributed by atoms with E-state index >= 15 is 0 Å². The lowest BCUT2D eigenvalue weighted by atomic mass is 10.2. The second-order valence-electron chi connectivity index (χ2n) is 5.63. The van der Waals surface area contributed by atoms with Crippen molar-refractivity contribution >= 4 is 15.9 Å². The molecule has 2 rings (SSSR count). The highest BCUT2D eigenvalue weighted by molar-refractivity contribution is 7.89. The van der Waals surface area contributed by atoms with Gasteiger partial charge < -0.3 is 11.1 Å². The minimum Gasteiger partial charge on any atom is -0.354 e. The van der Waals surface area contributed by atoms with Crippen molar-refractivity contribution in [2.75, 3.05) is 45.8 Å². The van der Waals surface area contributed by atoms with Gasteiger partial charge in [0.25, 0.3) is 0 Å². The van der Waals surface area contributed by atoms with E-state index in [0.717, 1.165) is 5.56 Å². The van der Waals surface area contributed by atoms with Gasteiger partial charge in [-0.1, -0.05) is 17.7 Å². The molecule has 1 aliphatic heterocycles. The van der Waals surface area contributed by atoms with E-state index < -0.39 is 10.0 Å². The van der Waals surface area contributed by atoms with Gasteiger partial charge >= 0.3 is 0 Å². The van der Waals surface area contributed by atoms with Crippen LogP contribution in [0.1, 0.15) is 5.56 Å². The summed E-state index contributed by atoms with van der Waals surface area (Å²) in [5.41, 5.74) is 6.36. The Balaban J connectivity index is 1.91. The van der Waals surface area contributed by atoms with Crippen LogP contribution >= 0.6 is 0 Å². The second-order valence-corrected chi connectivity index (χ2v) is 7.57. The Morgan fingerprint density at radius 1 is 1.17 bits per heavy atom. The number of hydrogen-bond acceptors (Lipinski definition) is 5. The third-order valence-electron chi connectivity index (χ3n) is 3.82. The standard InChI is InChI=1S/C15H24N4O3S/c1-13-2-4-14(5-3-13)23(21,22)19-10-8-18(9-11-19)12-15(20)17-7-6-16/h2-5H,6-12,16H2,1H3,(H,17,20). The lowest BCUT2D eigenvalue weighted by Gasteiger charge is -2.33. The summed E-state index contributed by atoms with van der Waals surface area (Å²) in [5, 5.41) is 2.71. The third-order valence-corrected chi connectivity index (χ3v) is 5.74. The second kappa shape index (κ2) is 7.87. The number of carbonyl (C=O) groups excluding carboxylic acids is 1. The fourth-order valence-corrected chi connectivity index (χ4v) is 3.88. The Kier molecular flexibility index (Phi) is 6.11. The van der Waals surface area contributed by atoms with E-state index in [0.29, 0.717) is 44.2 Å². The van der Waals surface area contributed by atoms with Crippen molar-refractivity contribution in [1.29, 1.82) is 0 Å². The highest BCUT2D eigenvalue weighted by Gasteiger charge is 2.28. The number of carbonyl (C=O) groups is 1. The number of rotatable bonds is 6. The molecule has 0 unspecified atom stereocenters. The Morgan fingerprint density at radius 3 is 2.35 bits per heavy atom. The van der Waals surface area contributed by atoms with Crippen molar-refractivity contribution in [3.8, 4) is 0 Å². The number of benzene rings is 1. The first-order chi connectivity index (χ1) is 10.9. The maximum absolute atomic E-state index is 12.6. The summed E-state index contributed by atoms with van der Waals surface area (Å²) in [4.78, 5) is 13.9. The molecule has 0 atom stereocenters. The van der Waals surface area contributed by atoms with Gasteiger partial charge in [0.15, 0.2) is 0 Å². The molecule has 0 aliphatic carbocycles. The molecule has 1 saturated heterocycles. The lowest BCUT2D eigenvalue weighted by Crippen LogP contribution is -2.51. The summed E-state index contributed by atoms with van der Waals surface area (Å²) in [5.74, 6) is -0.0784. The van der Waals surface area contributed by atoms with Crippen LogP contribution in [0.4, 0.5) is 0 Å². The zero-order valence-corrected chi connectivity index (χ0v) is 14.2. The maximum Gasteiger partial charge on any atom is 0.243 e. The van der Waals surface area contributed by atoms with Crippen LogP contribution in [0.5, 0.6) is 0 Å². The van der Waals surface area contributed by atoms with Crippen molar-refractivity contribution in [3.05, 3.63) is 29.8 Å². The molecule has 3 N–H and O–H groups in total. The molecule has 1 aromatic rings. The minimum absolute atomic E-state index is 0.0784. The zero-order chi connectivity index (χ0) is 16.9. The van der Waals surface area contributed by atoms with Crippen LogP contribution in [0.3, 0.4) is 0 Å². The lowest BCUT2D eigenvalue weighted by molar-refractivity contribution is -0.122. The molecule has 1 aromatic carbocycles. The third kappa shape index (κ3) is 4.74. The van der Waals surface area contributed by atoms with Crippen LogP contribution in [-0.2, 0) is 14.8 Å². The van der Waals surface area contributed by atoms with Crippen LogP contribution in [-0.4, -0.2) is 69.3 Å². The highest BCUT2D eigenvalue weighted by Crippen LogP contribution is 2.18. The van der Waals surface area contributed by atoms with Gasteiger partial charge in [-0.25, -0.2) is 8.42 Å². The Labute approximate surface area is 137 Å². The van der Waals surface area contributed by atoms with E-state index in [4.69, 9.17) is 5.73 Å². The molecule has 0 radical (unpaired) electrons. The summed E-state index contributed by atoms with van der Waals surface area (Å²) in [7, 11) is -3.46. The number of nitrogens with two attached hydrogens (primary N) is 1. The van der Waals surface area contributed by atoms with Gasteiger partial charge in [-0.2, -0.15) is 4.31 Å². The number of nitrogens with zero attached hydrogens (tertiary/aromatic N) is 2. The normalized spacial score (nSPS) is 17.1. The molecule has 7 nitrogen and oxygen atoms in total.